The van der Waals surface area contributed by atoms with Crippen LogP contribution in [0, 0.1) is 5.92 Å². The van der Waals surface area contributed by atoms with E-state index in [-0.39, 0.29) is 42.1 Å². The number of benzene rings is 3. The highest BCUT2D eigenvalue weighted by atomic mass is 16.2. The van der Waals surface area contributed by atoms with Crippen LogP contribution >= 0.6 is 0 Å². The van der Waals surface area contributed by atoms with Gasteiger partial charge in [-0.05, 0) is 67.3 Å². The number of imide groups is 1. The van der Waals surface area contributed by atoms with E-state index in [1.54, 1.807) is 48.5 Å². The fourth-order valence-electron chi connectivity index (χ4n) is 4.18. The molecule has 2 N–H and O–H groups in total. The van der Waals surface area contributed by atoms with Crippen molar-refractivity contribution in [2.75, 3.05) is 5.32 Å². The maximum atomic E-state index is 12.9. The van der Waals surface area contributed by atoms with E-state index >= 15 is 0 Å². The van der Waals surface area contributed by atoms with Crippen molar-refractivity contribution in [1.82, 2.24) is 10.2 Å². The van der Waals surface area contributed by atoms with E-state index in [0.29, 0.717) is 22.3 Å². The molecule has 7 nitrogen and oxygen atoms in total. The molecule has 0 bridgehead atoms. The van der Waals surface area contributed by atoms with Gasteiger partial charge in [0.1, 0.15) is 0 Å². The van der Waals surface area contributed by atoms with Crippen molar-refractivity contribution in [2.45, 2.75) is 32.4 Å². The lowest BCUT2D eigenvalue weighted by atomic mass is 10.1. The summed E-state index contributed by atoms with van der Waals surface area (Å²) in [5.41, 5.74) is 3.58. The summed E-state index contributed by atoms with van der Waals surface area (Å²) in [7, 11) is 0. The molecule has 4 amide bonds. The summed E-state index contributed by atoms with van der Waals surface area (Å²) in [4.78, 5) is 51.3. The topological polar surface area (TPSA) is 95.6 Å². The molecule has 0 aromatic heterocycles. The highest BCUT2D eigenvalue weighted by molar-refractivity contribution is 6.21. The highest BCUT2D eigenvalue weighted by Gasteiger charge is 2.35. The Morgan fingerprint density at radius 1 is 0.914 bits per heavy atom. The molecule has 2 aliphatic rings. The molecule has 35 heavy (non-hydrogen) atoms. The Morgan fingerprint density at radius 2 is 1.57 bits per heavy atom. The van der Waals surface area contributed by atoms with Gasteiger partial charge in [0.2, 0.25) is 5.91 Å². The molecule has 1 heterocycles. The molecule has 1 fully saturated rings. The summed E-state index contributed by atoms with van der Waals surface area (Å²) in [6, 6.07) is 20.9. The molecule has 7 heteroatoms. The van der Waals surface area contributed by atoms with Gasteiger partial charge in [-0.15, -0.1) is 0 Å². The predicted molar refractivity (Wildman–Crippen MR) is 131 cm³/mol. The normalized spacial score (nSPS) is 15.5. The van der Waals surface area contributed by atoms with Crippen molar-refractivity contribution in [3.8, 4) is 0 Å². The third-order valence-corrected chi connectivity index (χ3v) is 6.38. The van der Waals surface area contributed by atoms with E-state index in [2.05, 4.69) is 10.6 Å². The minimum atomic E-state index is -0.328. The Balaban J connectivity index is 1.22. The summed E-state index contributed by atoms with van der Waals surface area (Å²) < 4.78 is 0. The highest BCUT2D eigenvalue weighted by Crippen LogP contribution is 2.30. The van der Waals surface area contributed by atoms with Gasteiger partial charge >= 0.3 is 0 Å². The minimum Gasteiger partial charge on any atom is -0.346 e. The SMILES string of the molecule is CC(NC(=O)c1cccc(CN2C(=O)c3ccccc3C2=O)c1)c1ccc(NC(=O)C2CC2)cc1. The molecule has 1 aliphatic heterocycles. The number of rotatable bonds is 7. The monoisotopic (exact) mass is 467 g/mol. The molecule has 1 unspecified atom stereocenters. The zero-order chi connectivity index (χ0) is 24.5. The number of hydrogen-bond acceptors (Lipinski definition) is 4. The zero-order valence-corrected chi connectivity index (χ0v) is 19.3. The van der Waals surface area contributed by atoms with Crippen LogP contribution in [0.15, 0.2) is 72.8 Å². The average molecular weight is 468 g/mol. The first-order valence-electron chi connectivity index (χ1n) is 11.7. The Labute approximate surface area is 203 Å². The first-order chi connectivity index (χ1) is 16.9. The Bertz CT molecular complexity index is 1290. The van der Waals surface area contributed by atoms with Crippen molar-refractivity contribution in [1.29, 1.82) is 0 Å². The molecule has 1 saturated carbocycles. The van der Waals surface area contributed by atoms with E-state index < -0.39 is 0 Å². The zero-order valence-electron chi connectivity index (χ0n) is 19.3. The van der Waals surface area contributed by atoms with Crippen LogP contribution < -0.4 is 10.6 Å². The summed E-state index contributed by atoms with van der Waals surface area (Å²) in [6.07, 6.45) is 1.90. The van der Waals surface area contributed by atoms with Crippen molar-refractivity contribution >= 4 is 29.3 Å². The minimum absolute atomic E-state index is 0.0557. The number of nitrogens with one attached hydrogen (secondary N) is 2. The fraction of sp³-hybridized carbons (Fsp3) is 0.214. The van der Waals surface area contributed by atoms with Gasteiger partial charge < -0.3 is 10.6 Å². The molecule has 1 atom stereocenters. The van der Waals surface area contributed by atoms with Crippen LogP contribution in [0.1, 0.15) is 68.0 Å². The van der Waals surface area contributed by atoms with Gasteiger partial charge in [0.05, 0.1) is 23.7 Å². The predicted octanol–water partition coefficient (Wildman–Crippen LogP) is 4.32. The third-order valence-electron chi connectivity index (χ3n) is 6.38. The Kier molecular flexibility index (Phi) is 5.91. The number of nitrogens with zero attached hydrogens (tertiary/aromatic N) is 1. The first-order valence-corrected chi connectivity index (χ1v) is 11.7. The number of fused-ring (bicyclic) bond motifs is 1. The standard InChI is InChI=1S/C28H25N3O4/c1-17(19-11-13-22(14-12-19)30-25(32)20-9-10-20)29-26(33)21-6-4-5-18(15-21)16-31-27(34)23-7-2-3-8-24(23)28(31)35/h2-8,11-15,17,20H,9-10,16H2,1H3,(H,29,33)(H,30,32). The van der Waals surface area contributed by atoms with Crippen LogP contribution in [-0.2, 0) is 11.3 Å². The maximum Gasteiger partial charge on any atom is 0.261 e. The number of carbonyl (C=O) groups excluding carboxylic acids is 4. The van der Waals surface area contributed by atoms with Crippen LogP contribution in [-0.4, -0.2) is 28.5 Å². The van der Waals surface area contributed by atoms with Gasteiger partial charge in [0, 0.05) is 17.2 Å². The molecule has 0 radical (unpaired) electrons. The van der Waals surface area contributed by atoms with Crippen LogP contribution in [0.5, 0.6) is 0 Å². The van der Waals surface area contributed by atoms with Crippen molar-refractivity contribution in [3.63, 3.8) is 0 Å². The summed E-state index contributed by atoms with van der Waals surface area (Å²) in [5, 5.41) is 5.89. The molecular weight excluding hydrogens is 442 g/mol. The van der Waals surface area contributed by atoms with E-state index in [1.807, 2.05) is 31.2 Å². The van der Waals surface area contributed by atoms with E-state index in [4.69, 9.17) is 0 Å². The fourth-order valence-corrected chi connectivity index (χ4v) is 4.18. The summed E-state index contributed by atoms with van der Waals surface area (Å²) >= 11 is 0. The second-order valence-electron chi connectivity index (χ2n) is 9.02. The number of amides is 4. The second kappa shape index (κ2) is 9.18. The molecule has 176 valence electrons. The van der Waals surface area contributed by atoms with Gasteiger partial charge in [-0.2, -0.15) is 0 Å². The van der Waals surface area contributed by atoms with Gasteiger partial charge in [0.15, 0.2) is 0 Å². The smallest absolute Gasteiger partial charge is 0.261 e. The summed E-state index contributed by atoms with van der Waals surface area (Å²) in [5.74, 6) is -0.717. The second-order valence-corrected chi connectivity index (χ2v) is 9.02. The first kappa shape index (κ1) is 22.5. The van der Waals surface area contributed by atoms with Crippen LogP contribution in [0.3, 0.4) is 0 Å². The van der Waals surface area contributed by atoms with Crippen LogP contribution in [0.4, 0.5) is 5.69 Å². The maximum absolute atomic E-state index is 12.9. The largest absolute Gasteiger partial charge is 0.346 e. The van der Waals surface area contributed by atoms with Gasteiger partial charge in [-0.1, -0.05) is 36.4 Å². The lowest BCUT2D eigenvalue weighted by molar-refractivity contribution is -0.117. The molecular formula is C28H25N3O4. The number of anilines is 1. The van der Waals surface area contributed by atoms with Crippen molar-refractivity contribution < 1.29 is 19.2 Å². The quantitative estimate of drug-likeness (QED) is 0.506. The number of carbonyl (C=O) groups is 4. The van der Waals surface area contributed by atoms with E-state index in [0.717, 1.165) is 24.1 Å². The summed E-state index contributed by atoms with van der Waals surface area (Å²) in [6.45, 7) is 1.98. The Hall–Kier alpha value is -4.26. The van der Waals surface area contributed by atoms with Gasteiger partial charge in [-0.25, -0.2) is 0 Å². The van der Waals surface area contributed by atoms with Crippen LogP contribution in [0.2, 0.25) is 0 Å². The molecule has 0 saturated heterocycles. The number of hydrogen-bond donors (Lipinski definition) is 2. The molecule has 5 rings (SSSR count). The lowest BCUT2D eigenvalue weighted by Crippen LogP contribution is -2.29. The van der Waals surface area contributed by atoms with E-state index in [9.17, 15) is 19.2 Å². The van der Waals surface area contributed by atoms with Crippen molar-refractivity contribution in [3.05, 3.63) is 101 Å². The molecule has 3 aromatic rings. The third kappa shape index (κ3) is 4.71. The average Bonchev–Trinajstić information content (AvgIpc) is 3.70. The molecule has 1 aliphatic carbocycles. The van der Waals surface area contributed by atoms with Crippen LogP contribution in [0.25, 0.3) is 0 Å². The molecule has 0 spiro atoms. The van der Waals surface area contributed by atoms with Gasteiger partial charge in [-0.3, -0.25) is 24.1 Å². The Morgan fingerprint density at radius 3 is 2.20 bits per heavy atom. The lowest BCUT2D eigenvalue weighted by Gasteiger charge is -2.17. The van der Waals surface area contributed by atoms with Gasteiger partial charge in [0.25, 0.3) is 17.7 Å². The van der Waals surface area contributed by atoms with Crippen molar-refractivity contribution in [2.24, 2.45) is 5.92 Å². The van der Waals surface area contributed by atoms with E-state index in [1.165, 1.54) is 4.90 Å². The molecule has 3 aromatic carbocycles.